The average molecular weight is 523 g/mol. The molecule has 37 heavy (non-hydrogen) atoms. The molecule has 0 spiro atoms. The van der Waals surface area contributed by atoms with Crippen LogP contribution in [0.5, 0.6) is 0 Å². The first-order chi connectivity index (χ1) is 17.7. The van der Waals surface area contributed by atoms with E-state index in [-0.39, 0.29) is 29.1 Å². The Balaban J connectivity index is 1.32. The lowest BCUT2D eigenvalue weighted by Gasteiger charge is -2.58. The monoisotopic (exact) mass is 522 g/mol. The third kappa shape index (κ3) is 5.71. The van der Waals surface area contributed by atoms with Crippen molar-refractivity contribution in [3.05, 3.63) is 35.1 Å². The van der Waals surface area contributed by atoms with Crippen LogP contribution in [0.1, 0.15) is 54.4 Å². The lowest BCUT2D eigenvalue weighted by molar-refractivity contribution is -0.132. The van der Waals surface area contributed by atoms with Crippen molar-refractivity contribution in [1.29, 1.82) is 0 Å². The van der Waals surface area contributed by atoms with E-state index in [9.17, 15) is 23.2 Å². The maximum atomic E-state index is 15.1. The van der Waals surface area contributed by atoms with Crippen LogP contribution in [0.25, 0.3) is 0 Å². The number of amides is 4. The molecule has 2 N–H and O–H groups in total. The number of benzene rings is 1. The fraction of sp³-hybridized carbons (Fsp3) is 0.654. The Hall–Kier alpha value is -2.82. The van der Waals surface area contributed by atoms with E-state index in [2.05, 4.69) is 0 Å². The average Bonchev–Trinajstić information content (AvgIpc) is 2.86. The molecule has 0 radical (unpaired) electrons. The summed E-state index contributed by atoms with van der Waals surface area (Å²) in [6.45, 7) is 2.56. The van der Waals surface area contributed by atoms with E-state index < -0.39 is 24.1 Å². The molecule has 11 heteroatoms. The summed E-state index contributed by atoms with van der Waals surface area (Å²) in [4.78, 5) is 40.3. The van der Waals surface area contributed by atoms with Gasteiger partial charge in [0.25, 0.3) is 5.91 Å². The molecule has 4 amide bonds. The summed E-state index contributed by atoms with van der Waals surface area (Å²) in [6.07, 6.45) is 3.89. The van der Waals surface area contributed by atoms with Crippen LogP contribution in [0.4, 0.5) is 18.0 Å². The molecule has 0 unspecified atom stereocenters. The van der Waals surface area contributed by atoms with Crippen LogP contribution in [0.2, 0.25) is 0 Å². The molecule has 6 rings (SSSR count). The van der Waals surface area contributed by atoms with E-state index in [0.717, 1.165) is 25.3 Å². The maximum absolute atomic E-state index is 15.1. The smallest absolute Gasteiger partial charge is 0.320 e. The molecule has 8 nitrogen and oxygen atoms in total. The normalized spacial score (nSPS) is 28.3. The fourth-order valence-electron chi connectivity index (χ4n) is 7.30. The van der Waals surface area contributed by atoms with Crippen LogP contribution in [-0.4, -0.2) is 66.9 Å². The van der Waals surface area contributed by atoms with Crippen LogP contribution >= 0.6 is 0 Å². The lowest BCUT2D eigenvalue weighted by Crippen LogP contribution is -2.55. The first kappa shape index (κ1) is 25.8. The molecule has 5 aliphatic rings. The predicted molar refractivity (Wildman–Crippen MR) is 127 cm³/mol. The SMILES string of the molecule is O=C(NNC(=O)C(F)F)c1ccc(CN(CC23CC4CC(CC(C4)C2)C3)C(=O)N2CCOCC2)c(F)c1. The van der Waals surface area contributed by atoms with Gasteiger partial charge in [-0.2, -0.15) is 8.78 Å². The third-order valence-electron chi connectivity index (χ3n) is 8.42. The standard InChI is InChI=1S/C26H33F3N4O4/c27-21-10-19(23(34)30-31-24(35)22(28)29)1-2-20(21)14-33(25(36)32-3-5-37-6-4-32)15-26-11-16-7-17(12-26)9-18(8-16)13-26/h1-2,10,16-18,22H,3-9,11-15H2,(H,30,34)(H,31,35). The Kier molecular flexibility index (Phi) is 7.33. The van der Waals surface area contributed by atoms with Crippen molar-refractivity contribution < 1.29 is 32.3 Å². The molecule has 4 aliphatic carbocycles. The molecule has 5 fully saturated rings. The van der Waals surface area contributed by atoms with Crippen molar-refractivity contribution in [2.45, 2.75) is 51.5 Å². The molecule has 1 aromatic rings. The van der Waals surface area contributed by atoms with Gasteiger partial charge in [-0.25, -0.2) is 9.18 Å². The van der Waals surface area contributed by atoms with Crippen molar-refractivity contribution in [3.8, 4) is 0 Å². The number of morpholine rings is 1. The number of hydrazine groups is 1. The second kappa shape index (κ2) is 10.5. The van der Waals surface area contributed by atoms with Gasteiger partial charge in [0.1, 0.15) is 5.82 Å². The van der Waals surface area contributed by atoms with Crippen LogP contribution in [0.3, 0.4) is 0 Å². The largest absolute Gasteiger partial charge is 0.378 e. The van der Waals surface area contributed by atoms with Gasteiger partial charge in [-0.15, -0.1) is 0 Å². The second-order valence-electron chi connectivity index (χ2n) is 11.2. The summed E-state index contributed by atoms with van der Waals surface area (Å²) in [6, 6.07) is 3.64. The van der Waals surface area contributed by atoms with Crippen molar-refractivity contribution in [3.63, 3.8) is 0 Å². The van der Waals surface area contributed by atoms with Gasteiger partial charge in [0.05, 0.1) is 19.8 Å². The first-order valence-corrected chi connectivity index (χ1v) is 13.0. The quantitative estimate of drug-likeness (QED) is 0.561. The van der Waals surface area contributed by atoms with Crippen molar-refractivity contribution in [2.75, 3.05) is 32.8 Å². The number of carbonyl (C=O) groups excluding carboxylic acids is 3. The Morgan fingerprint density at radius 1 is 1.03 bits per heavy atom. The second-order valence-corrected chi connectivity index (χ2v) is 11.2. The van der Waals surface area contributed by atoms with Crippen LogP contribution in [0, 0.1) is 29.0 Å². The number of carbonyl (C=O) groups is 3. The summed E-state index contributed by atoms with van der Waals surface area (Å²) in [5, 5.41) is 0. The third-order valence-corrected chi connectivity index (χ3v) is 8.42. The van der Waals surface area contributed by atoms with Crippen LogP contribution < -0.4 is 10.9 Å². The van der Waals surface area contributed by atoms with Gasteiger partial charge in [0, 0.05) is 30.8 Å². The Morgan fingerprint density at radius 3 is 2.22 bits per heavy atom. The summed E-state index contributed by atoms with van der Waals surface area (Å²) < 4.78 is 45.2. The van der Waals surface area contributed by atoms with Gasteiger partial charge in [0.15, 0.2) is 0 Å². The number of hydrogen-bond donors (Lipinski definition) is 2. The van der Waals surface area contributed by atoms with Crippen LogP contribution in [0.15, 0.2) is 18.2 Å². The number of halogens is 3. The molecule has 0 atom stereocenters. The molecule has 202 valence electrons. The minimum absolute atomic E-state index is 0.0633. The molecular weight excluding hydrogens is 489 g/mol. The maximum Gasteiger partial charge on any atom is 0.320 e. The minimum Gasteiger partial charge on any atom is -0.378 e. The van der Waals surface area contributed by atoms with Gasteiger partial charge < -0.3 is 14.5 Å². The molecule has 0 aromatic heterocycles. The van der Waals surface area contributed by atoms with Crippen molar-refractivity contribution in [1.82, 2.24) is 20.7 Å². The van der Waals surface area contributed by atoms with Gasteiger partial charge in [-0.1, -0.05) is 6.07 Å². The number of hydrogen-bond acceptors (Lipinski definition) is 4. The Labute approximate surface area is 213 Å². The Bertz CT molecular complexity index is 1010. The van der Waals surface area contributed by atoms with Crippen molar-refractivity contribution in [2.24, 2.45) is 23.2 Å². The topological polar surface area (TPSA) is 91.0 Å². The van der Waals surface area contributed by atoms with Crippen LogP contribution in [-0.2, 0) is 16.1 Å². The Morgan fingerprint density at radius 2 is 1.65 bits per heavy atom. The molecular formula is C26H33F3N4O4. The number of rotatable bonds is 6. The van der Waals surface area contributed by atoms with E-state index >= 15 is 4.39 Å². The summed E-state index contributed by atoms with van der Waals surface area (Å²) >= 11 is 0. The molecule has 1 heterocycles. The summed E-state index contributed by atoms with van der Waals surface area (Å²) in [5.74, 6) is -1.12. The highest BCUT2D eigenvalue weighted by Gasteiger charge is 2.52. The summed E-state index contributed by atoms with van der Waals surface area (Å²) in [7, 11) is 0. The fourth-order valence-corrected chi connectivity index (χ4v) is 7.30. The van der Waals surface area contributed by atoms with Gasteiger partial charge >= 0.3 is 18.4 Å². The molecule has 1 aliphatic heterocycles. The van der Waals surface area contributed by atoms with Gasteiger partial charge in [-0.3, -0.25) is 20.4 Å². The van der Waals surface area contributed by atoms with E-state index in [1.165, 1.54) is 31.4 Å². The molecule has 4 bridgehead atoms. The molecule has 4 saturated carbocycles. The highest BCUT2D eigenvalue weighted by molar-refractivity contribution is 5.95. The van der Waals surface area contributed by atoms with E-state index in [1.54, 1.807) is 15.2 Å². The number of urea groups is 1. The zero-order valence-corrected chi connectivity index (χ0v) is 20.7. The highest BCUT2D eigenvalue weighted by Crippen LogP contribution is 2.60. The molecule has 1 aromatic carbocycles. The summed E-state index contributed by atoms with van der Waals surface area (Å²) in [5.41, 5.74) is 3.63. The van der Waals surface area contributed by atoms with E-state index in [1.807, 2.05) is 5.43 Å². The number of nitrogens with zero attached hydrogens (tertiary/aromatic N) is 2. The van der Waals surface area contributed by atoms with Gasteiger partial charge in [-0.05, 0) is 73.8 Å². The number of nitrogens with one attached hydrogen (secondary N) is 2. The van der Waals surface area contributed by atoms with Crippen molar-refractivity contribution >= 4 is 17.8 Å². The number of alkyl halides is 2. The highest BCUT2D eigenvalue weighted by atomic mass is 19.3. The van der Waals surface area contributed by atoms with Gasteiger partial charge in [0.2, 0.25) is 0 Å². The predicted octanol–water partition coefficient (Wildman–Crippen LogP) is 3.32. The van der Waals surface area contributed by atoms with E-state index in [4.69, 9.17) is 4.74 Å². The lowest BCUT2D eigenvalue weighted by atomic mass is 9.49. The number of ether oxygens (including phenoxy) is 1. The zero-order chi connectivity index (χ0) is 26.2. The minimum atomic E-state index is -3.29. The van der Waals surface area contributed by atoms with E-state index in [0.29, 0.717) is 50.6 Å². The first-order valence-electron chi connectivity index (χ1n) is 13.0. The zero-order valence-electron chi connectivity index (χ0n) is 20.7. The molecule has 1 saturated heterocycles.